The van der Waals surface area contributed by atoms with E-state index in [1.165, 1.54) is 24.8 Å². The number of aromatic nitrogens is 2. The van der Waals surface area contributed by atoms with Gasteiger partial charge in [-0.05, 0) is 38.3 Å². The van der Waals surface area contributed by atoms with Gasteiger partial charge in [0.25, 0.3) is 0 Å². The maximum absolute atomic E-state index is 5.38. The highest BCUT2D eigenvalue weighted by atomic mass is 16.5. The van der Waals surface area contributed by atoms with Crippen molar-refractivity contribution >= 4 is 23.3 Å². The number of hydrogen-bond donors (Lipinski definition) is 2. The molecule has 7 nitrogen and oxygen atoms in total. The van der Waals surface area contributed by atoms with Crippen LogP contribution in [0.3, 0.4) is 0 Å². The zero-order valence-electron chi connectivity index (χ0n) is 17.8. The van der Waals surface area contributed by atoms with Crippen LogP contribution in [0.2, 0.25) is 0 Å². The number of piperidine rings is 1. The quantitative estimate of drug-likeness (QED) is 0.589. The fourth-order valence-corrected chi connectivity index (χ4v) is 3.49. The summed E-state index contributed by atoms with van der Waals surface area (Å²) in [7, 11) is 3.43. The standard InChI is InChI=1S/C22H33N5O2/c1-17-7-9-18(10-8-17)24-20-19(11-15-28-2)21(27-13-5-4-6-14-27)26-22(25-20)23-12-16-29-3/h7-10H,4-6,11-16H2,1-3H3,(H2,23,24,25,26). The van der Waals surface area contributed by atoms with Crippen molar-refractivity contribution in [2.24, 2.45) is 0 Å². The summed E-state index contributed by atoms with van der Waals surface area (Å²) in [5.74, 6) is 2.46. The van der Waals surface area contributed by atoms with Crippen LogP contribution in [0, 0.1) is 6.92 Å². The second kappa shape index (κ2) is 11.0. The molecule has 29 heavy (non-hydrogen) atoms. The molecule has 1 aromatic carbocycles. The predicted molar refractivity (Wildman–Crippen MR) is 119 cm³/mol. The monoisotopic (exact) mass is 399 g/mol. The zero-order chi connectivity index (χ0) is 20.5. The van der Waals surface area contributed by atoms with Crippen molar-refractivity contribution in [1.82, 2.24) is 9.97 Å². The number of rotatable bonds is 10. The highest BCUT2D eigenvalue weighted by Gasteiger charge is 2.21. The summed E-state index contributed by atoms with van der Waals surface area (Å²) in [6, 6.07) is 8.36. The number of nitrogens with one attached hydrogen (secondary N) is 2. The van der Waals surface area contributed by atoms with Gasteiger partial charge in [-0.25, -0.2) is 0 Å². The summed E-state index contributed by atoms with van der Waals surface area (Å²) < 4.78 is 10.5. The maximum Gasteiger partial charge on any atom is 0.226 e. The number of methoxy groups -OCH3 is 2. The molecule has 0 radical (unpaired) electrons. The Morgan fingerprint density at radius 2 is 1.69 bits per heavy atom. The molecule has 1 fully saturated rings. The molecule has 1 aliphatic rings. The Labute approximate surface area is 173 Å². The Balaban J connectivity index is 1.97. The van der Waals surface area contributed by atoms with Crippen molar-refractivity contribution in [1.29, 1.82) is 0 Å². The van der Waals surface area contributed by atoms with Gasteiger partial charge in [-0.15, -0.1) is 0 Å². The highest BCUT2D eigenvalue weighted by molar-refractivity contribution is 5.68. The molecule has 0 amide bonds. The lowest BCUT2D eigenvalue weighted by Crippen LogP contribution is -2.32. The Hall–Kier alpha value is -2.38. The van der Waals surface area contributed by atoms with Gasteiger partial charge in [-0.1, -0.05) is 17.7 Å². The van der Waals surface area contributed by atoms with Gasteiger partial charge in [-0.2, -0.15) is 9.97 Å². The van der Waals surface area contributed by atoms with Crippen LogP contribution in [0.5, 0.6) is 0 Å². The first-order chi connectivity index (χ1) is 14.2. The van der Waals surface area contributed by atoms with E-state index in [4.69, 9.17) is 19.4 Å². The summed E-state index contributed by atoms with van der Waals surface area (Å²) in [5, 5.41) is 6.81. The lowest BCUT2D eigenvalue weighted by Gasteiger charge is -2.30. The summed E-state index contributed by atoms with van der Waals surface area (Å²) in [6.45, 7) is 6.04. The molecule has 0 bridgehead atoms. The van der Waals surface area contributed by atoms with Gasteiger partial charge in [0, 0.05) is 51.5 Å². The van der Waals surface area contributed by atoms with Crippen LogP contribution in [0.25, 0.3) is 0 Å². The molecule has 2 heterocycles. The molecule has 7 heteroatoms. The van der Waals surface area contributed by atoms with E-state index in [-0.39, 0.29) is 0 Å². The number of nitrogens with zero attached hydrogens (tertiary/aromatic N) is 3. The van der Waals surface area contributed by atoms with Crippen LogP contribution < -0.4 is 15.5 Å². The first-order valence-corrected chi connectivity index (χ1v) is 10.4. The highest BCUT2D eigenvalue weighted by Crippen LogP contribution is 2.31. The number of ether oxygens (including phenoxy) is 2. The molecule has 2 N–H and O–H groups in total. The van der Waals surface area contributed by atoms with E-state index >= 15 is 0 Å². The molecule has 0 saturated carbocycles. The van der Waals surface area contributed by atoms with Gasteiger partial charge in [0.05, 0.1) is 13.2 Å². The van der Waals surface area contributed by atoms with E-state index in [2.05, 4.69) is 46.7 Å². The number of anilines is 4. The topological polar surface area (TPSA) is 71.5 Å². The van der Waals surface area contributed by atoms with Crippen molar-refractivity contribution in [2.75, 3.05) is 62.6 Å². The largest absolute Gasteiger partial charge is 0.384 e. The summed E-state index contributed by atoms with van der Waals surface area (Å²) in [4.78, 5) is 12.1. The van der Waals surface area contributed by atoms with Crippen LogP contribution in [0.15, 0.2) is 24.3 Å². The first-order valence-electron chi connectivity index (χ1n) is 10.4. The maximum atomic E-state index is 5.38. The second-order valence-corrected chi connectivity index (χ2v) is 7.40. The fraction of sp³-hybridized carbons (Fsp3) is 0.545. The lowest BCUT2D eigenvalue weighted by molar-refractivity contribution is 0.202. The molecule has 0 atom stereocenters. The molecule has 0 spiro atoms. The Bertz CT molecular complexity index is 761. The number of aryl methyl sites for hydroxylation is 1. The van der Waals surface area contributed by atoms with Crippen molar-refractivity contribution in [3.63, 3.8) is 0 Å². The molecule has 1 aromatic heterocycles. The van der Waals surface area contributed by atoms with Gasteiger partial charge in [0.15, 0.2) is 0 Å². The molecule has 1 saturated heterocycles. The number of benzene rings is 1. The molecule has 2 aromatic rings. The molecule has 1 aliphatic heterocycles. The van der Waals surface area contributed by atoms with E-state index in [1.807, 2.05) is 0 Å². The van der Waals surface area contributed by atoms with Gasteiger partial charge in [-0.3, -0.25) is 0 Å². The van der Waals surface area contributed by atoms with Crippen LogP contribution >= 0.6 is 0 Å². The van der Waals surface area contributed by atoms with E-state index in [1.54, 1.807) is 14.2 Å². The third-order valence-corrected chi connectivity index (χ3v) is 5.10. The molecule has 0 unspecified atom stereocenters. The minimum atomic E-state index is 0.606. The third kappa shape index (κ3) is 6.05. The summed E-state index contributed by atoms with van der Waals surface area (Å²) in [5.41, 5.74) is 3.35. The van der Waals surface area contributed by atoms with Crippen molar-refractivity contribution < 1.29 is 9.47 Å². The van der Waals surface area contributed by atoms with Gasteiger partial charge in [0.1, 0.15) is 11.6 Å². The molecular weight excluding hydrogens is 366 g/mol. The van der Waals surface area contributed by atoms with E-state index in [9.17, 15) is 0 Å². The van der Waals surface area contributed by atoms with Crippen molar-refractivity contribution in [3.8, 4) is 0 Å². The SMILES string of the molecule is COCCNc1nc(Nc2ccc(C)cc2)c(CCOC)c(N2CCCCC2)n1. The van der Waals surface area contributed by atoms with Crippen LogP contribution in [-0.4, -0.2) is 57.0 Å². The van der Waals surface area contributed by atoms with E-state index in [0.717, 1.165) is 42.4 Å². The van der Waals surface area contributed by atoms with E-state index in [0.29, 0.717) is 25.7 Å². The normalized spacial score (nSPS) is 14.1. The van der Waals surface area contributed by atoms with Crippen LogP contribution in [0.4, 0.5) is 23.3 Å². The average molecular weight is 400 g/mol. The molecule has 0 aliphatic carbocycles. The molecule has 3 rings (SSSR count). The van der Waals surface area contributed by atoms with Gasteiger partial charge in [0.2, 0.25) is 5.95 Å². The summed E-state index contributed by atoms with van der Waals surface area (Å²) >= 11 is 0. The lowest BCUT2D eigenvalue weighted by atomic mass is 10.1. The van der Waals surface area contributed by atoms with Crippen molar-refractivity contribution in [3.05, 3.63) is 35.4 Å². The molecule has 158 valence electrons. The number of hydrogen-bond acceptors (Lipinski definition) is 7. The Kier molecular flexibility index (Phi) is 8.07. The predicted octanol–water partition coefficient (Wildman–Crippen LogP) is 3.77. The summed E-state index contributed by atoms with van der Waals surface area (Å²) in [6.07, 6.45) is 4.43. The van der Waals surface area contributed by atoms with Gasteiger partial charge >= 0.3 is 0 Å². The smallest absolute Gasteiger partial charge is 0.226 e. The second-order valence-electron chi connectivity index (χ2n) is 7.40. The van der Waals surface area contributed by atoms with Crippen LogP contribution in [-0.2, 0) is 15.9 Å². The van der Waals surface area contributed by atoms with Gasteiger partial charge < -0.3 is 25.0 Å². The first kappa shape index (κ1) is 21.3. The Morgan fingerprint density at radius 3 is 2.38 bits per heavy atom. The minimum Gasteiger partial charge on any atom is -0.384 e. The zero-order valence-corrected chi connectivity index (χ0v) is 17.8. The minimum absolute atomic E-state index is 0.606. The Morgan fingerprint density at radius 1 is 0.966 bits per heavy atom. The van der Waals surface area contributed by atoms with E-state index < -0.39 is 0 Å². The van der Waals surface area contributed by atoms with Crippen molar-refractivity contribution in [2.45, 2.75) is 32.6 Å². The van der Waals surface area contributed by atoms with Crippen LogP contribution in [0.1, 0.15) is 30.4 Å². The third-order valence-electron chi connectivity index (χ3n) is 5.10. The fourth-order valence-electron chi connectivity index (χ4n) is 3.49. The molecular formula is C22H33N5O2. The average Bonchev–Trinajstić information content (AvgIpc) is 2.75.